The summed E-state index contributed by atoms with van der Waals surface area (Å²) in [6, 6.07) is 1.95. The average Bonchev–Trinajstić information content (AvgIpc) is 2.70. The summed E-state index contributed by atoms with van der Waals surface area (Å²) in [7, 11) is 0. The van der Waals surface area contributed by atoms with Gasteiger partial charge in [0.2, 0.25) is 0 Å². The van der Waals surface area contributed by atoms with Crippen LogP contribution < -0.4 is 10.2 Å². The maximum Gasteiger partial charge on any atom is 0.149 e. The standard InChI is InChI=1S/C13H19ClN4/c1-2-18(13-8-15-7-12(14)17-13)11-5-9-3-4-10(6-11)16-9/h7-11,16H,2-6H2,1H3. The van der Waals surface area contributed by atoms with E-state index in [0.29, 0.717) is 23.3 Å². The molecule has 2 aliphatic rings. The summed E-state index contributed by atoms with van der Waals surface area (Å²) in [5.74, 6) is 0.913. The fraction of sp³-hybridized carbons (Fsp3) is 0.692. The van der Waals surface area contributed by atoms with Crippen molar-refractivity contribution in [2.45, 2.75) is 50.7 Å². The zero-order valence-electron chi connectivity index (χ0n) is 10.6. The minimum atomic E-state index is 0.475. The Morgan fingerprint density at radius 2 is 2.06 bits per heavy atom. The van der Waals surface area contributed by atoms with E-state index >= 15 is 0 Å². The number of hydrogen-bond acceptors (Lipinski definition) is 4. The SMILES string of the molecule is CCN(c1cncc(Cl)n1)C1CC2CCC(C1)N2. The van der Waals surface area contributed by atoms with E-state index in [0.717, 1.165) is 12.4 Å². The number of halogens is 1. The molecule has 5 heteroatoms. The predicted octanol–water partition coefficient (Wildman–Crippen LogP) is 2.24. The highest BCUT2D eigenvalue weighted by molar-refractivity contribution is 6.29. The van der Waals surface area contributed by atoms with E-state index in [9.17, 15) is 0 Å². The van der Waals surface area contributed by atoms with Gasteiger partial charge in [-0.2, -0.15) is 0 Å². The first kappa shape index (κ1) is 12.2. The maximum absolute atomic E-state index is 5.94. The van der Waals surface area contributed by atoms with E-state index in [1.807, 2.05) is 6.20 Å². The Hall–Kier alpha value is -0.870. The van der Waals surface area contributed by atoms with Crippen LogP contribution >= 0.6 is 11.6 Å². The summed E-state index contributed by atoms with van der Waals surface area (Å²) in [5.41, 5.74) is 0. The van der Waals surface area contributed by atoms with Crippen molar-refractivity contribution in [2.24, 2.45) is 0 Å². The molecule has 1 N–H and O–H groups in total. The highest BCUT2D eigenvalue weighted by atomic mass is 35.5. The smallest absolute Gasteiger partial charge is 0.149 e. The van der Waals surface area contributed by atoms with Gasteiger partial charge < -0.3 is 10.2 Å². The Morgan fingerprint density at radius 1 is 1.33 bits per heavy atom. The van der Waals surface area contributed by atoms with Gasteiger partial charge in [-0.25, -0.2) is 4.98 Å². The van der Waals surface area contributed by atoms with Crippen molar-refractivity contribution in [1.29, 1.82) is 0 Å². The van der Waals surface area contributed by atoms with Gasteiger partial charge in [0.25, 0.3) is 0 Å². The van der Waals surface area contributed by atoms with Crippen molar-refractivity contribution >= 4 is 17.4 Å². The van der Waals surface area contributed by atoms with Gasteiger partial charge in [-0.15, -0.1) is 0 Å². The first-order chi connectivity index (χ1) is 8.76. The van der Waals surface area contributed by atoms with Crippen LogP contribution in [0.5, 0.6) is 0 Å². The summed E-state index contributed by atoms with van der Waals surface area (Å²) < 4.78 is 0. The van der Waals surface area contributed by atoms with Crippen LogP contribution in [0.1, 0.15) is 32.6 Å². The van der Waals surface area contributed by atoms with Crippen LogP contribution in [0.15, 0.2) is 12.4 Å². The largest absolute Gasteiger partial charge is 0.352 e. The quantitative estimate of drug-likeness (QED) is 0.911. The molecule has 0 amide bonds. The Kier molecular flexibility index (Phi) is 3.39. The second-order valence-corrected chi connectivity index (χ2v) is 5.64. The molecule has 1 aromatic heterocycles. The highest BCUT2D eigenvalue weighted by Gasteiger charge is 2.36. The number of anilines is 1. The lowest BCUT2D eigenvalue weighted by Gasteiger charge is -2.37. The molecule has 2 aliphatic heterocycles. The Morgan fingerprint density at radius 3 is 2.67 bits per heavy atom. The summed E-state index contributed by atoms with van der Waals surface area (Å²) in [5, 5.41) is 4.15. The Bertz CT molecular complexity index is 413. The van der Waals surface area contributed by atoms with Gasteiger partial charge in [0.15, 0.2) is 0 Å². The minimum Gasteiger partial charge on any atom is -0.352 e. The third-order valence-corrected chi connectivity index (χ3v) is 4.30. The molecule has 3 heterocycles. The van der Waals surface area contributed by atoms with Gasteiger partial charge in [-0.1, -0.05) is 11.6 Å². The molecule has 0 radical (unpaired) electrons. The van der Waals surface area contributed by atoms with Crippen molar-refractivity contribution in [3.05, 3.63) is 17.5 Å². The lowest BCUT2D eigenvalue weighted by molar-refractivity contribution is 0.348. The van der Waals surface area contributed by atoms with Crippen LogP contribution in [0.3, 0.4) is 0 Å². The summed E-state index contributed by atoms with van der Waals surface area (Å²) in [4.78, 5) is 10.9. The zero-order valence-corrected chi connectivity index (χ0v) is 11.4. The molecule has 4 nitrogen and oxygen atoms in total. The van der Waals surface area contributed by atoms with Crippen molar-refractivity contribution in [2.75, 3.05) is 11.4 Å². The van der Waals surface area contributed by atoms with Gasteiger partial charge in [0, 0.05) is 24.7 Å². The second-order valence-electron chi connectivity index (χ2n) is 5.25. The molecule has 2 bridgehead atoms. The van der Waals surface area contributed by atoms with E-state index in [1.54, 1.807) is 6.20 Å². The van der Waals surface area contributed by atoms with Crippen molar-refractivity contribution in [1.82, 2.24) is 15.3 Å². The van der Waals surface area contributed by atoms with Crippen LogP contribution in [-0.2, 0) is 0 Å². The maximum atomic E-state index is 5.94. The first-order valence-electron chi connectivity index (χ1n) is 6.76. The van der Waals surface area contributed by atoms with Gasteiger partial charge >= 0.3 is 0 Å². The van der Waals surface area contributed by atoms with E-state index in [-0.39, 0.29) is 0 Å². The molecule has 0 aliphatic carbocycles. The van der Waals surface area contributed by atoms with E-state index < -0.39 is 0 Å². The molecular weight excluding hydrogens is 248 g/mol. The molecule has 2 fully saturated rings. The number of nitrogens with zero attached hydrogens (tertiary/aromatic N) is 3. The third kappa shape index (κ3) is 2.31. The minimum absolute atomic E-state index is 0.475. The fourth-order valence-electron chi connectivity index (χ4n) is 3.36. The molecule has 98 valence electrons. The molecule has 2 atom stereocenters. The molecule has 1 aromatic rings. The number of hydrogen-bond donors (Lipinski definition) is 1. The third-order valence-electron chi connectivity index (χ3n) is 4.12. The first-order valence-corrected chi connectivity index (χ1v) is 7.14. The van der Waals surface area contributed by atoms with Gasteiger partial charge in [0.1, 0.15) is 11.0 Å². The number of nitrogens with one attached hydrogen (secondary N) is 1. The molecule has 2 saturated heterocycles. The second kappa shape index (κ2) is 5.02. The number of rotatable bonds is 3. The summed E-state index contributed by atoms with van der Waals surface area (Å²) in [6.07, 6.45) is 8.46. The number of fused-ring (bicyclic) bond motifs is 2. The van der Waals surface area contributed by atoms with Crippen LogP contribution in [-0.4, -0.2) is 34.6 Å². The lowest BCUT2D eigenvalue weighted by atomic mass is 9.98. The molecule has 0 spiro atoms. The number of aromatic nitrogens is 2. The highest BCUT2D eigenvalue weighted by Crippen LogP contribution is 2.31. The normalized spacial score (nSPS) is 30.4. The molecule has 2 unspecified atom stereocenters. The van der Waals surface area contributed by atoms with Crippen LogP contribution in [0.25, 0.3) is 0 Å². The van der Waals surface area contributed by atoms with Crippen molar-refractivity contribution < 1.29 is 0 Å². The Labute approximate surface area is 113 Å². The van der Waals surface area contributed by atoms with E-state index in [2.05, 4.69) is 27.1 Å². The van der Waals surface area contributed by atoms with E-state index in [1.165, 1.54) is 25.7 Å². The van der Waals surface area contributed by atoms with E-state index in [4.69, 9.17) is 11.6 Å². The zero-order chi connectivity index (χ0) is 12.5. The summed E-state index contributed by atoms with van der Waals surface area (Å²) >= 11 is 5.94. The van der Waals surface area contributed by atoms with Crippen molar-refractivity contribution in [3.63, 3.8) is 0 Å². The van der Waals surface area contributed by atoms with Crippen LogP contribution in [0, 0.1) is 0 Å². The molecular formula is C13H19ClN4. The molecule has 0 saturated carbocycles. The molecule has 3 rings (SSSR count). The Balaban J connectivity index is 1.80. The van der Waals surface area contributed by atoms with Gasteiger partial charge in [-0.05, 0) is 32.6 Å². The van der Waals surface area contributed by atoms with Gasteiger partial charge in [-0.3, -0.25) is 4.98 Å². The molecule has 0 aromatic carbocycles. The monoisotopic (exact) mass is 266 g/mol. The average molecular weight is 267 g/mol. The predicted molar refractivity (Wildman–Crippen MR) is 73.0 cm³/mol. The topological polar surface area (TPSA) is 41.1 Å². The van der Waals surface area contributed by atoms with Crippen LogP contribution in [0.2, 0.25) is 5.15 Å². The van der Waals surface area contributed by atoms with Gasteiger partial charge in [0.05, 0.1) is 12.4 Å². The molecule has 18 heavy (non-hydrogen) atoms. The summed E-state index contributed by atoms with van der Waals surface area (Å²) in [6.45, 7) is 3.13. The fourth-order valence-corrected chi connectivity index (χ4v) is 3.50. The lowest BCUT2D eigenvalue weighted by Crippen LogP contribution is -2.48. The number of piperidine rings is 1. The van der Waals surface area contributed by atoms with Crippen molar-refractivity contribution in [3.8, 4) is 0 Å². The van der Waals surface area contributed by atoms with Crippen LogP contribution in [0.4, 0.5) is 5.82 Å².